The van der Waals surface area contributed by atoms with Crippen molar-refractivity contribution in [2.45, 2.75) is 59.4 Å². The summed E-state index contributed by atoms with van der Waals surface area (Å²) >= 11 is 6.81. The number of hydrogen-bond acceptors (Lipinski definition) is 5. The van der Waals surface area contributed by atoms with Crippen molar-refractivity contribution in [1.29, 1.82) is 0 Å². The molecule has 1 aromatic heterocycles. The summed E-state index contributed by atoms with van der Waals surface area (Å²) in [4.78, 5) is 17.0. The van der Waals surface area contributed by atoms with E-state index < -0.39 is 0 Å². The normalized spacial score (nSPS) is 20.4. The number of allylic oxidation sites excluding steroid dienone is 7. The first-order chi connectivity index (χ1) is 17.4. The fourth-order valence-electron chi connectivity index (χ4n) is 5.33. The van der Waals surface area contributed by atoms with Gasteiger partial charge in [-0.25, -0.2) is 9.98 Å². The molecule has 0 saturated carbocycles. The third kappa shape index (κ3) is 5.14. The zero-order valence-corrected chi connectivity index (χ0v) is 22.9. The van der Waals surface area contributed by atoms with Gasteiger partial charge < -0.3 is 4.90 Å². The number of likely N-dealkylation sites (tertiary alicyclic amines) is 1. The second kappa shape index (κ2) is 11.4. The molecule has 1 atom stereocenters. The Bertz CT molecular complexity index is 1180. The highest BCUT2D eigenvalue weighted by Gasteiger charge is 2.40. The number of guanidine groups is 1. The largest absolute Gasteiger partial charge is 0.304 e. The van der Waals surface area contributed by atoms with E-state index in [2.05, 4.69) is 73.8 Å². The average Bonchev–Trinajstić information content (AvgIpc) is 3.41. The van der Waals surface area contributed by atoms with Crippen molar-refractivity contribution in [3.8, 4) is 0 Å². The van der Waals surface area contributed by atoms with Crippen molar-refractivity contribution >= 4 is 29.1 Å². The lowest BCUT2D eigenvalue weighted by Crippen LogP contribution is -2.44. The van der Waals surface area contributed by atoms with Crippen LogP contribution < -0.4 is 9.80 Å². The molecular formula is C30H38ClN5. The number of aliphatic imine (C=N–C) groups is 1. The highest BCUT2D eigenvalue weighted by molar-refractivity contribution is 6.34. The Morgan fingerprint density at radius 2 is 2.08 bits per heavy atom. The topological polar surface area (TPSA) is 35.0 Å². The molecule has 1 fully saturated rings. The van der Waals surface area contributed by atoms with Gasteiger partial charge in [0.05, 0.1) is 23.0 Å². The summed E-state index contributed by atoms with van der Waals surface area (Å²) in [5, 5.41) is 0.733. The molecule has 0 N–H and O–H groups in total. The number of halogens is 1. The highest BCUT2D eigenvalue weighted by Crippen LogP contribution is 2.43. The van der Waals surface area contributed by atoms with Gasteiger partial charge in [-0.1, -0.05) is 61.6 Å². The molecule has 1 unspecified atom stereocenters. The predicted molar refractivity (Wildman–Crippen MR) is 154 cm³/mol. The van der Waals surface area contributed by atoms with Crippen LogP contribution in [0.5, 0.6) is 0 Å². The predicted octanol–water partition coefficient (Wildman–Crippen LogP) is 7.33. The molecule has 4 rings (SSSR count). The Labute approximate surface area is 221 Å². The molecule has 190 valence electrons. The summed E-state index contributed by atoms with van der Waals surface area (Å²) in [7, 11) is 0. The molecule has 1 aromatic rings. The van der Waals surface area contributed by atoms with Gasteiger partial charge in [0.1, 0.15) is 0 Å². The maximum atomic E-state index is 6.81. The third-order valence-corrected chi connectivity index (χ3v) is 7.44. The minimum atomic E-state index is 0.513. The van der Waals surface area contributed by atoms with Gasteiger partial charge in [-0.05, 0) is 76.3 Å². The lowest BCUT2D eigenvalue weighted by Gasteiger charge is -2.33. The first-order valence-corrected chi connectivity index (χ1v) is 13.3. The zero-order valence-electron chi connectivity index (χ0n) is 22.1. The Kier molecular flexibility index (Phi) is 8.32. The van der Waals surface area contributed by atoms with Crippen molar-refractivity contribution < 1.29 is 0 Å². The van der Waals surface area contributed by atoms with E-state index in [1.54, 1.807) is 0 Å². The Morgan fingerprint density at radius 1 is 1.28 bits per heavy atom. The number of nitrogens with zero attached hydrogens (tertiary/aromatic N) is 5. The number of aromatic nitrogens is 1. The van der Waals surface area contributed by atoms with Crippen molar-refractivity contribution in [3.05, 3.63) is 88.9 Å². The first kappa shape index (κ1) is 26.2. The molecule has 36 heavy (non-hydrogen) atoms. The van der Waals surface area contributed by atoms with Gasteiger partial charge in [-0.2, -0.15) is 0 Å². The van der Waals surface area contributed by atoms with Gasteiger partial charge in [0.15, 0.2) is 5.82 Å². The SMILES string of the molecule is C=C/C=C(\C=C)CC1CCCN1CC1=C(C)N=C2N(C1)c1cccnc1N2C(=C(C)C)/C(Cl)=C\CC. The quantitative estimate of drug-likeness (QED) is 0.330. The maximum absolute atomic E-state index is 6.81. The fourth-order valence-corrected chi connectivity index (χ4v) is 5.76. The highest BCUT2D eigenvalue weighted by atomic mass is 35.5. The van der Waals surface area contributed by atoms with Crippen LogP contribution >= 0.6 is 11.6 Å². The van der Waals surface area contributed by atoms with Gasteiger partial charge in [0.25, 0.3) is 0 Å². The summed E-state index contributed by atoms with van der Waals surface area (Å²) in [6.45, 7) is 19.1. The molecule has 0 bridgehead atoms. The van der Waals surface area contributed by atoms with Crippen LogP contribution in [0.25, 0.3) is 0 Å². The summed E-state index contributed by atoms with van der Waals surface area (Å²) in [6.07, 6.45) is 14.1. The van der Waals surface area contributed by atoms with Crippen molar-refractivity contribution in [2.24, 2.45) is 4.99 Å². The van der Waals surface area contributed by atoms with E-state index in [-0.39, 0.29) is 0 Å². The van der Waals surface area contributed by atoms with Crippen LogP contribution in [0.3, 0.4) is 0 Å². The summed E-state index contributed by atoms with van der Waals surface area (Å²) < 4.78 is 0. The van der Waals surface area contributed by atoms with E-state index in [9.17, 15) is 0 Å². The second-order valence-corrected chi connectivity index (χ2v) is 10.2. The van der Waals surface area contributed by atoms with Crippen LogP contribution in [0.4, 0.5) is 11.5 Å². The van der Waals surface area contributed by atoms with Crippen LogP contribution in [0.1, 0.15) is 53.4 Å². The first-order valence-electron chi connectivity index (χ1n) is 12.9. The zero-order chi connectivity index (χ0) is 25.8. The van der Waals surface area contributed by atoms with E-state index in [0.717, 1.165) is 71.9 Å². The monoisotopic (exact) mass is 503 g/mol. The second-order valence-electron chi connectivity index (χ2n) is 9.83. The van der Waals surface area contributed by atoms with Gasteiger partial charge >= 0.3 is 0 Å². The van der Waals surface area contributed by atoms with E-state index in [1.165, 1.54) is 24.0 Å². The van der Waals surface area contributed by atoms with E-state index >= 15 is 0 Å². The van der Waals surface area contributed by atoms with Crippen LogP contribution in [0.2, 0.25) is 0 Å². The van der Waals surface area contributed by atoms with E-state index in [1.807, 2.05) is 24.4 Å². The van der Waals surface area contributed by atoms with Gasteiger partial charge in [0, 0.05) is 24.5 Å². The smallest absolute Gasteiger partial charge is 0.217 e. The molecular weight excluding hydrogens is 466 g/mol. The molecule has 0 aliphatic carbocycles. The lowest BCUT2D eigenvalue weighted by atomic mass is 10.0. The van der Waals surface area contributed by atoms with Crippen molar-refractivity contribution in [1.82, 2.24) is 9.88 Å². The van der Waals surface area contributed by atoms with Crippen molar-refractivity contribution in [3.63, 3.8) is 0 Å². The Balaban J connectivity index is 1.67. The van der Waals surface area contributed by atoms with E-state index in [4.69, 9.17) is 21.6 Å². The van der Waals surface area contributed by atoms with Crippen molar-refractivity contribution in [2.75, 3.05) is 29.4 Å². The summed E-state index contributed by atoms with van der Waals surface area (Å²) in [5.74, 6) is 1.76. The van der Waals surface area contributed by atoms with Gasteiger partial charge in [-0.15, -0.1) is 0 Å². The molecule has 4 heterocycles. The van der Waals surface area contributed by atoms with Crippen LogP contribution in [-0.2, 0) is 0 Å². The number of rotatable bonds is 9. The molecule has 0 spiro atoms. The van der Waals surface area contributed by atoms with Crippen LogP contribution in [0, 0.1) is 0 Å². The average molecular weight is 504 g/mol. The third-order valence-electron chi connectivity index (χ3n) is 7.10. The minimum Gasteiger partial charge on any atom is -0.304 e. The molecule has 0 amide bonds. The van der Waals surface area contributed by atoms with Gasteiger partial charge in [0.2, 0.25) is 5.96 Å². The van der Waals surface area contributed by atoms with Crippen LogP contribution in [0.15, 0.2) is 93.9 Å². The molecule has 0 aromatic carbocycles. The molecule has 5 nitrogen and oxygen atoms in total. The number of hydrogen-bond donors (Lipinski definition) is 0. The fraction of sp³-hybridized carbons (Fsp3) is 0.400. The Morgan fingerprint density at radius 3 is 2.78 bits per heavy atom. The molecule has 1 saturated heterocycles. The number of pyridine rings is 1. The standard InChI is InChI=1S/C30H38ClN5/c1-7-12-23(9-3)18-25-14-11-17-34(25)19-24-20-35-27-15-10-16-32-29(27)36(30(35)33-22(24)6)28(21(4)5)26(31)13-8-2/h7,9-10,12-13,15-16,25H,1,3,8,11,14,17-20H2,2,4-6H3/b23-12+,26-13+. The molecule has 3 aliphatic heterocycles. The summed E-state index contributed by atoms with van der Waals surface area (Å²) in [5.41, 5.74) is 6.84. The number of anilines is 2. The lowest BCUT2D eigenvalue weighted by molar-refractivity contribution is 0.272. The van der Waals surface area contributed by atoms with Crippen LogP contribution in [-0.4, -0.2) is 41.5 Å². The molecule has 3 aliphatic rings. The maximum Gasteiger partial charge on any atom is 0.217 e. The van der Waals surface area contributed by atoms with E-state index in [0.29, 0.717) is 6.04 Å². The molecule has 6 heteroatoms. The molecule has 0 radical (unpaired) electrons. The minimum absolute atomic E-state index is 0.513. The number of fused-ring (bicyclic) bond motifs is 3. The van der Waals surface area contributed by atoms with Gasteiger partial charge in [-0.3, -0.25) is 9.80 Å². The summed E-state index contributed by atoms with van der Waals surface area (Å²) in [6, 6.07) is 4.64. The Hall–Kier alpha value is -2.89.